The van der Waals surface area contributed by atoms with E-state index < -0.39 is 0 Å². The van der Waals surface area contributed by atoms with Gasteiger partial charge in [-0.1, -0.05) is 48.6 Å². The van der Waals surface area contributed by atoms with E-state index in [2.05, 4.69) is 30.6 Å². The molecule has 136 valence electrons. The Labute approximate surface area is 155 Å². The number of hydrogen-bond donors (Lipinski definition) is 1. The van der Waals surface area contributed by atoms with Gasteiger partial charge in [-0.2, -0.15) is 0 Å². The van der Waals surface area contributed by atoms with Crippen LogP contribution >= 0.6 is 0 Å². The maximum atomic E-state index is 12.2. The summed E-state index contributed by atoms with van der Waals surface area (Å²) in [5.74, 6) is 0.669. The zero-order valence-electron chi connectivity index (χ0n) is 15.1. The zero-order valence-corrected chi connectivity index (χ0v) is 15.1. The Morgan fingerprint density at radius 3 is 2.46 bits per heavy atom. The number of benzene rings is 2. The van der Waals surface area contributed by atoms with Gasteiger partial charge in [-0.3, -0.25) is 9.69 Å². The van der Waals surface area contributed by atoms with Gasteiger partial charge in [0.15, 0.2) is 0 Å². The lowest BCUT2D eigenvalue weighted by molar-refractivity contribution is -0.117. The maximum absolute atomic E-state index is 12.2. The molecule has 0 unspecified atom stereocenters. The minimum absolute atomic E-state index is 0.0739. The van der Waals surface area contributed by atoms with Crippen molar-refractivity contribution in [2.75, 3.05) is 31.6 Å². The summed E-state index contributed by atoms with van der Waals surface area (Å²) >= 11 is 0. The van der Waals surface area contributed by atoms with E-state index in [0.717, 1.165) is 17.9 Å². The molecule has 0 aliphatic rings. The quantitative estimate of drug-likeness (QED) is 0.625. The van der Waals surface area contributed by atoms with Crippen molar-refractivity contribution < 1.29 is 9.53 Å². The summed E-state index contributed by atoms with van der Waals surface area (Å²) in [7, 11) is 0. The van der Waals surface area contributed by atoms with Crippen LogP contribution in [0, 0.1) is 0 Å². The van der Waals surface area contributed by atoms with Gasteiger partial charge in [-0.25, -0.2) is 0 Å². The van der Waals surface area contributed by atoms with Crippen molar-refractivity contribution in [1.29, 1.82) is 0 Å². The fourth-order valence-corrected chi connectivity index (χ4v) is 2.57. The fourth-order valence-electron chi connectivity index (χ4n) is 2.57. The predicted molar refractivity (Wildman–Crippen MR) is 108 cm³/mol. The highest BCUT2D eigenvalue weighted by Crippen LogP contribution is 2.17. The lowest BCUT2D eigenvalue weighted by atomic mass is 10.2. The summed E-state index contributed by atoms with van der Waals surface area (Å²) in [6, 6.07) is 17.7. The molecule has 2 aromatic carbocycles. The van der Waals surface area contributed by atoms with Crippen molar-refractivity contribution in [3.8, 4) is 5.75 Å². The summed E-state index contributed by atoms with van der Waals surface area (Å²) in [4.78, 5) is 14.2. The first-order valence-corrected chi connectivity index (χ1v) is 8.72. The van der Waals surface area contributed by atoms with E-state index >= 15 is 0 Å². The van der Waals surface area contributed by atoms with Gasteiger partial charge in [0.05, 0.1) is 13.2 Å². The summed E-state index contributed by atoms with van der Waals surface area (Å²) in [5, 5.41) is 2.91. The van der Waals surface area contributed by atoms with E-state index in [1.165, 1.54) is 5.56 Å². The molecule has 0 aliphatic carbocycles. The van der Waals surface area contributed by atoms with Gasteiger partial charge >= 0.3 is 0 Å². The van der Waals surface area contributed by atoms with Crippen LogP contribution in [0.5, 0.6) is 5.75 Å². The minimum atomic E-state index is -0.0739. The van der Waals surface area contributed by atoms with Gasteiger partial charge < -0.3 is 10.1 Å². The molecule has 4 heteroatoms. The van der Waals surface area contributed by atoms with Gasteiger partial charge in [0.1, 0.15) is 5.75 Å². The van der Waals surface area contributed by atoms with Crippen molar-refractivity contribution in [1.82, 2.24) is 4.90 Å². The van der Waals surface area contributed by atoms with Gasteiger partial charge in [-0.15, -0.1) is 13.2 Å². The maximum Gasteiger partial charge on any atom is 0.238 e. The van der Waals surface area contributed by atoms with Crippen molar-refractivity contribution in [3.63, 3.8) is 0 Å². The second kappa shape index (κ2) is 10.9. The molecule has 0 spiro atoms. The first-order chi connectivity index (χ1) is 12.7. The monoisotopic (exact) mass is 350 g/mol. The Kier molecular flexibility index (Phi) is 8.16. The Bertz CT molecular complexity index is 703. The molecule has 0 fully saturated rings. The lowest BCUT2D eigenvalue weighted by Gasteiger charge is -2.18. The average molecular weight is 350 g/mol. The fraction of sp³-hybridized carbons (Fsp3) is 0.227. The van der Waals surface area contributed by atoms with Gasteiger partial charge in [0.25, 0.3) is 0 Å². The van der Waals surface area contributed by atoms with E-state index in [1.54, 1.807) is 12.2 Å². The smallest absolute Gasteiger partial charge is 0.238 e. The van der Waals surface area contributed by atoms with Crippen LogP contribution in [0.2, 0.25) is 0 Å². The summed E-state index contributed by atoms with van der Waals surface area (Å²) in [6.45, 7) is 9.59. The molecule has 2 rings (SSSR count). The Morgan fingerprint density at radius 2 is 1.77 bits per heavy atom. The molecular weight excluding hydrogens is 324 g/mol. The largest absolute Gasteiger partial charge is 0.493 e. The van der Waals surface area contributed by atoms with Gasteiger partial charge in [0, 0.05) is 31.3 Å². The summed E-state index contributed by atoms with van der Waals surface area (Å²) in [6.07, 6.45) is 4.39. The number of carbonyl (C=O) groups excluding carboxylic acids is 1. The molecule has 1 amide bonds. The molecule has 0 heterocycles. The van der Waals surface area contributed by atoms with E-state index in [4.69, 9.17) is 4.74 Å². The van der Waals surface area contributed by atoms with Gasteiger partial charge in [-0.05, 0) is 17.7 Å². The highest BCUT2D eigenvalue weighted by atomic mass is 16.5. The SMILES string of the molecule is C=CCN(CC=C)CC(=O)Nc1cccc(OCCc2ccccc2)c1. The van der Waals surface area contributed by atoms with Crippen LogP contribution in [-0.4, -0.2) is 37.0 Å². The van der Waals surface area contributed by atoms with Crippen LogP contribution < -0.4 is 10.1 Å². The van der Waals surface area contributed by atoms with Crippen LogP contribution in [0.4, 0.5) is 5.69 Å². The van der Waals surface area contributed by atoms with Crippen molar-refractivity contribution in [2.24, 2.45) is 0 Å². The molecule has 0 saturated carbocycles. The number of nitrogens with one attached hydrogen (secondary N) is 1. The lowest BCUT2D eigenvalue weighted by Crippen LogP contribution is -2.33. The van der Waals surface area contributed by atoms with Gasteiger partial charge in [0.2, 0.25) is 5.91 Å². The van der Waals surface area contributed by atoms with Crippen molar-refractivity contribution in [2.45, 2.75) is 6.42 Å². The molecule has 0 aromatic heterocycles. The van der Waals surface area contributed by atoms with Crippen LogP contribution in [-0.2, 0) is 11.2 Å². The van der Waals surface area contributed by atoms with E-state index in [-0.39, 0.29) is 12.5 Å². The standard InChI is InChI=1S/C22H26N2O2/c1-3-14-24(15-4-2)18-22(25)23-20-11-8-12-21(17-20)26-16-13-19-9-6-5-7-10-19/h3-12,17H,1-2,13-16,18H2,(H,23,25). The number of hydrogen-bond acceptors (Lipinski definition) is 3. The predicted octanol–water partition coefficient (Wildman–Crippen LogP) is 3.92. The molecule has 0 bridgehead atoms. The number of anilines is 1. The molecule has 0 aliphatic heterocycles. The Balaban J connectivity index is 1.84. The average Bonchev–Trinajstić information content (AvgIpc) is 2.63. The van der Waals surface area contributed by atoms with Crippen LogP contribution in [0.15, 0.2) is 79.9 Å². The first-order valence-electron chi connectivity index (χ1n) is 8.72. The number of nitrogens with zero attached hydrogens (tertiary/aromatic N) is 1. The van der Waals surface area contributed by atoms with E-state index in [9.17, 15) is 4.79 Å². The third-order valence-corrected chi connectivity index (χ3v) is 3.76. The highest BCUT2D eigenvalue weighted by Gasteiger charge is 2.09. The molecular formula is C22H26N2O2. The zero-order chi connectivity index (χ0) is 18.6. The molecule has 0 radical (unpaired) electrons. The number of rotatable bonds is 11. The normalized spacial score (nSPS) is 10.3. The molecule has 2 aromatic rings. The number of amides is 1. The van der Waals surface area contributed by atoms with E-state index in [1.807, 2.05) is 47.4 Å². The Morgan fingerprint density at radius 1 is 1.04 bits per heavy atom. The van der Waals surface area contributed by atoms with Crippen molar-refractivity contribution in [3.05, 3.63) is 85.5 Å². The molecule has 4 nitrogen and oxygen atoms in total. The highest BCUT2D eigenvalue weighted by molar-refractivity contribution is 5.92. The minimum Gasteiger partial charge on any atom is -0.493 e. The second-order valence-corrected chi connectivity index (χ2v) is 5.93. The topological polar surface area (TPSA) is 41.6 Å². The van der Waals surface area contributed by atoms with E-state index in [0.29, 0.717) is 19.7 Å². The molecule has 0 atom stereocenters. The number of carbonyl (C=O) groups is 1. The summed E-state index contributed by atoms with van der Waals surface area (Å²) < 4.78 is 5.80. The summed E-state index contributed by atoms with van der Waals surface area (Å²) in [5.41, 5.74) is 1.96. The first kappa shape index (κ1) is 19.5. The van der Waals surface area contributed by atoms with Crippen LogP contribution in [0.3, 0.4) is 0 Å². The molecule has 0 saturated heterocycles. The molecule has 1 N–H and O–H groups in total. The Hall–Kier alpha value is -2.85. The van der Waals surface area contributed by atoms with Crippen LogP contribution in [0.1, 0.15) is 5.56 Å². The third-order valence-electron chi connectivity index (χ3n) is 3.76. The molecule has 26 heavy (non-hydrogen) atoms. The number of ether oxygens (including phenoxy) is 1. The third kappa shape index (κ3) is 6.95. The van der Waals surface area contributed by atoms with Crippen LogP contribution in [0.25, 0.3) is 0 Å². The van der Waals surface area contributed by atoms with Crippen molar-refractivity contribution >= 4 is 11.6 Å². The second-order valence-electron chi connectivity index (χ2n) is 5.93.